The van der Waals surface area contributed by atoms with E-state index in [0.717, 1.165) is 24.4 Å². The molecule has 3 nitrogen and oxygen atoms in total. The van der Waals surface area contributed by atoms with E-state index in [9.17, 15) is 4.79 Å². The quantitative estimate of drug-likeness (QED) is 0.849. The number of hydroxylamine groups is 1. The first-order chi connectivity index (χ1) is 8.75. The van der Waals surface area contributed by atoms with Gasteiger partial charge in [-0.05, 0) is 30.5 Å². The molecule has 3 atom stereocenters. The zero-order valence-corrected chi connectivity index (χ0v) is 10.8. The van der Waals surface area contributed by atoms with Gasteiger partial charge in [-0.15, -0.1) is 0 Å². The number of rotatable bonds is 1. The lowest BCUT2D eigenvalue weighted by atomic mass is 9.73. The van der Waals surface area contributed by atoms with Crippen molar-refractivity contribution in [2.24, 2.45) is 5.92 Å². The van der Waals surface area contributed by atoms with Crippen molar-refractivity contribution in [1.29, 1.82) is 0 Å². The minimum atomic E-state index is -0.0267. The fourth-order valence-electron chi connectivity index (χ4n) is 3.04. The zero-order valence-electron chi connectivity index (χ0n) is 10.1. The molecule has 18 heavy (non-hydrogen) atoms. The Balaban J connectivity index is 1.87. The lowest BCUT2D eigenvalue weighted by molar-refractivity contribution is -0.149. The Morgan fingerprint density at radius 3 is 2.72 bits per heavy atom. The summed E-state index contributed by atoms with van der Waals surface area (Å²) in [5.41, 5.74) is 4.15. The van der Waals surface area contributed by atoms with Crippen molar-refractivity contribution in [1.82, 2.24) is 5.48 Å². The molecule has 0 aromatic heterocycles. The highest BCUT2D eigenvalue weighted by atomic mass is 35.5. The summed E-state index contributed by atoms with van der Waals surface area (Å²) in [5, 5.41) is 0.741. The monoisotopic (exact) mass is 265 g/mol. The smallest absolute Gasteiger partial charge is 0.138 e. The van der Waals surface area contributed by atoms with Crippen LogP contribution in [0.15, 0.2) is 24.3 Å². The van der Waals surface area contributed by atoms with Crippen molar-refractivity contribution in [3.8, 4) is 0 Å². The summed E-state index contributed by atoms with van der Waals surface area (Å²) in [6.45, 7) is 0.764. The Morgan fingerprint density at radius 2 is 1.94 bits per heavy atom. The van der Waals surface area contributed by atoms with Crippen LogP contribution in [0, 0.1) is 5.92 Å². The second-order valence-corrected chi connectivity index (χ2v) is 5.47. The summed E-state index contributed by atoms with van der Waals surface area (Å²) in [7, 11) is 0. The maximum atomic E-state index is 11.9. The predicted octanol–water partition coefficient (Wildman–Crippen LogP) is 2.70. The Labute approximate surface area is 111 Å². The first kappa shape index (κ1) is 12.2. The second kappa shape index (κ2) is 5.00. The van der Waals surface area contributed by atoms with Gasteiger partial charge in [0.1, 0.15) is 5.78 Å². The van der Waals surface area contributed by atoms with Gasteiger partial charge < -0.3 is 0 Å². The minimum Gasteiger partial charge on any atom is -0.299 e. The van der Waals surface area contributed by atoms with E-state index < -0.39 is 0 Å². The molecule has 2 fully saturated rings. The first-order valence-electron chi connectivity index (χ1n) is 6.42. The van der Waals surface area contributed by atoms with Crippen LogP contribution in [0.25, 0.3) is 0 Å². The first-order valence-corrected chi connectivity index (χ1v) is 6.80. The van der Waals surface area contributed by atoms with Crippen LogP contribution in [-0.4, -0.2) is 18.4 Å². The van der Waals surface area contributed by atoms with Crippen LogP contribution in [0.4, 0.5) is 0 Å². The van der Waals surface area contributed by atoms with Crippen LogP contribution >= 0.6 is 11.6 Å². The maximum absolute atomic E-state index is 11.9. The number of nitrogens with one attached hydrogen (secondary N) is 1. The van der Waals surface area contributed by atoms with Gasteiger partial charge in [0.25, 0.3) is 0 Å². The van der Waals surface area contributed by atoms with Gasteiger partial charge in [-0.1, -0.05) is 23.7 Å². The molecule has 0 amide bonds. The third kappa shape index (κ3) is 2.18. The molecule has 3 unspecified atom stereocenters. The molecule has 0 spiro atoms. The molecule has 4 heteroatoms. The van der Waals surface area contributed by atoms with Gasteiger partial charge in [-0.2, -0.15) is 0 Å². The average molecular weight is 266 g/mol. The van der Waals surface area contributed by atoms with E-state index >= 15 is 0 Å². The fraction of sp³-hybridized carbons (Fsp3) is 0.500. The summed E-state index contributed by atoms with van der Waals surface area (Å²) in [5.74, 6) is 0.699. The Bertz CT molecular complexity index is 446. The van der Waals surface area contributed by atoms with Crippen LogP contribution in [0.3, 0.4) is 0 Å². The van der Waals surface area contributed by atoms with Crippen molar-refractivity contribution in [2.45, 2.75) is 31.3 Å². The zero-order chi connectivity index (χ0) is 12.5. The molecule has 3 rings (SSSR count). The molecule has 1 aromatic rings. The van der Waals surface area contributed by atoms with Crippen LogP contribution in [-0.2, 0) is 9.63 Å². The molecule has 96 valence electrons. The van der Waals surface area contributed by atoms with Gasteiger partial charge in [0, 0.05) is 29.8 Å². The standard InChI is InChI=1S/C14H16ClNO2/c15-10-3-1-9(2-4-10)11-5-6-13(17)12-7-8-16-18-14(11)12/h1-4,11-12,14,16H,5-8H2. The number of fused-ring (bicyclic) bond motifs is 1. The molecule has 1 heterocycles. The molecule has 1 saturated heterocycles. The second-order valence-electron chi connectivity index (χ2n) is 5.04. The summed E-state index contributed by atoms with van der Waals surface area (Å²) in [6, 6.07) is 7.88. The summed E-state index contributed by atoms with van der Waals surface area (Å²) < 4.78 is 0. The summed E-state index contributed by atoms with van der Waals surface area (Å²) >= 11 is 5.91. The van der Waals surface area contributed by atoms with E-state index in [1.165, 1.54) is 5.56 Å². The van der Waals surface area contributed by atoms with E-state index in [2.05, 4.69) is 5.48 Å². The van der Waals surface area contributed by atoms with Crippen LogP contribution in [0.5, 0.6) is 0 Å². The Kier molecular flexibility index (Phi) is 3.37. The van der Waals surface area contributed by atoms with Gasteiger partial charge >= 0.3 is 0 Å². The highest BCUT2D eigenvalue weighted by Gasteiger charge is 2.41. The summed E-state index contributed by atoms with van der Waals surface area (Å²) in [4.78, 5) is 17.6. The number of Topliss-reactive ketones (excluding diaryl/α,β-unsaturated/α-hetero) is 1. The molecular formula is C14H16ClNO2. The maximum Gasteiger partial charge on any atom is 0.138 e. The number of halogens is 1. The molecule has 1 aliphatic heterocycles. The van der Waals surface area contributed by atoms with Crippen molar-refractivity contribution in [3.05, 3.63) is 34.9 Å². The minimum absolute atomic E-state index is 0.0267. The number of hydrogen-bond donors (Lipinski definition) is 1. The highest BCUT2D eigenvalue weighted by Crippen LogP contribution is 2.39. The van der Waals surface area contributed by atoms with Gasteiger partial charge in [-0.3, -0.25) is 9.63 Å². The molecule has 1 aliphatic carbocycles. The van der Waals surface area contributed by atoms with Gasteiger partial charge in [0.05, 0.1) is 6.10 Å². The Morgan fingerprint density at radius 1 is 1.17 bits per heavy atom. The summed E-state index contributed by atoms with van der Waals surface area (Å²) in [6.07, 6.45) is 2.38. The molecule has 0 bridgehead atoms. The molecule has 0 radical (unpaired) electrons. The number of carbonyl (C=O) groups excluding carboxylic acids is 1. The van der Waals surface area contributed by atoms with E-state index in [0.29, 0.717) is 12.2 Å². The van der Waals surface area contributed by atoms with Gasteiger partial charge in [0.15, 0.2) is 0 Å². The molecule has 1 saturated carbocycles. The van der Waals surface area contributed by atoms with Gasteiger partial charge in [-0.25, -0.2) is 5.48 Å². The number of benzene rings is 1. The van der Waals surface area contributed by atoms with Crippen molar-refractivity contribution in [2.75, 3.05) is 6.54 Å². The normalized spacial score (nSPS) is 32.1. The fourth-order valence-corrected chi connectivity index (χ4v) is 3.16. The lowest BCUT2D eigenvalue weighted by Gasteiger charge is -2.40. The van der Waals surface area contributed by atoms with Crippen LogP contribution in [0.1, 0.15) is 30.7 Å². The molecule has 1 N–H and O–H groups in total. The lowest BCUT2D eigenvalue weighted by Crippen LogP contribution is -2.48. The van der Waals surface area contributed by atoms with Crippen molar-refractivity contribution >= 4 is 17.4 Å². The largest absolute Gasteiger partial charge is 0.299 e. The number of carbonyl (C=O) groups is 1. The third-order valence-corrected chi connectivity index (χ3v) is 4.24. The van der Waals surface area contributed by atoms with Crippen LogP contribution in [0.2, 0.25) is 5.02 Å². The topological polar surface area (TPSA) is 38.3 Å². The predicted molar refractivity (Wildman–Crippen MR) is 69.4 cm³/mol. The molecule has 2 aliphatic rings. The van der Waals surface area contributed by atoms with E-state index in [-0.39, 0.29) is 17.9 Å². The highest BCUT2D eigenvalue weighted by molar-refractivity contribution is 6.30. The van der Waals surface area contributed by atoms with E-state index in [4.69, 9.17) is 16.4 Å². The van der Waals surface area contributed by atoms with Crippen LogP contribution < -0.4 is 5.48 Å². The Hall–Kier alpha value is -0.900. The third-order valence-electron chi connectivity index (χ3n) is 3.98. The molecule has 1 aromatic carbocycles. The number of hydrogen-bond acceptors (Lipinski definition) is 3. The van der Waals surface area contributed by atoms with E-state index in [1.807, 2.05) is 24.3 Å². The van der Waals surface area contributed by atoms with E-state index in [1.54, 1.807) is 0 Å². The average Bonchev–Trinajstić information content (AvgIpc) is 2.41. The van der Waals surface area contributed by atoms with Crippen molar-refractivity contribution in [3.63, 3.8) is 0 Å². The van der Waals surface area contributed by atoms with Gasteiger partial charge in [0.2, 0.25) is 0 Å². The van der Waals surface area contributed by atoms with Crippen molar-refractivity contribution < 1.29 is 9.63 Å². The number of ketones is 1. The SMILES string of the molecule is O=C1CCC(c2ccc(Cl)cc2)C2ONCCC12. The molecular weight excluding hydrogens is 250 g/mol.